The van der Waals surface area contributed by atoms with Gasteiger partial charge in [-0.3, -0.25) is 4.79 Å². The zero-order valence-corrected chi connectivity index (χ0v) is 4.12. The Morgan fingerprint density at radius 1 is 2.00 bits per heavy atom. The minimum Gasteiger partial charge on any atom is -0.285 e. The van der Waals surface area contributed by atoms with Crippen molar-refractivity contribution in [3.8, 4) is 0 Å². The standard InChI is InChI=1S/C4H4ClO/c1-4(2-5)3-6/h2H,1H3/b4-2+. The molecule has 0 atom stereocenters. The van der Waals surface area contributed by atoms with Crippen LogP contribution in [0.1, 0.15) is 6.92 Å². The summed E-state index contributed by atoms with van der Waals surface area (Å²) in [7, 11) is 0. The Hall–Kier alpha value is -0.300. The second kappa shape index (κ2) is 2.91. The first kappa shape index (κ1) is 5.70. The molecular formula is C4H4ClO. The van der Waals surface area contributed by atoms with Gasteiger partial charge in [-0.15, -0.1) is 0 Å². The van der Waals surface area contributed by atoms with Gasteiger partial charge in [0.05, 0.1) is 0 Å². The normalized spacial score (nSPS) is 11.3. The maximum absolute atomic E-state index is 9.46. The molecule has 0 unspecified atom stereocenters. The van der Waals surface area contributed by atoms with Crippen molar-refractivity contribution in [1.29, 1.82) is 0 Å². The van der Waals surface area contributed by atoms with Crippen molar-refractivity contribution in [3.05, 3.63) is 11.1 Å². The van der Waals surface area contributed by atoms with Gasteiger partial charge in [0.2, 0.25) is 6.29 Å². The second-order valence-corrected chi connectivity index (χ2v) is 1.11. The smallest absolute Gasteiger partial charge is 0.229 e. The Morgan fingerprint density at radius 2 is 2.50 bits per heavy atom. The van der Waals surface area contributed by atoms with Crippen LogP contribution in [-0.2, 0) is 4.79 Å². The van der Waals surface area contributed by atoms with Crippen molar-refractivity contribution in [2.75, 3.05) is 0 Å². The summed E-state index contributed by atoms with van der Waals surface area (Å²) in [6, 6.07) is 0. The van der Waals surface area contributed by atoms with Gasteiger partial charge in [0, 0.05) is 11.1 Å². The lowest BCUT2D eigenvalue weighted by molar-refractivity contribution is 0.562. The van der Waals surface area contributed by atoms with E-state index in [9.17, 15) is 4.79 Å². The number of carbonyl (C=O) groups excluding carboxylic acids is 1. The number of hydrogen-bond donors (Lipinski definition) is 0. The van der Waals surface area contributed by atoms with Gasteiger partial charge >= 0.3 is 0 Å². The molecule has 0 aromatic carbocycles. The molecule has 0 saturated heterocycles. The fourth-order valence-electron chi connectivity index (χ4n) is 0.0223. The van der Waals surface area contributed by atoms with E-state index < -0.39 is 0 Å². The fraction of sp³-hybridized carbons (Fsp3) is 0.250. The van der Waals surface area contributed by atoms with Crippen molar-refractivity contribution in [2.45, 2.75) is 6.92 Å². The van der Waals surface area contributed by atoms with E-state index in [0.717, 1.165) is 0 Å². The van der Waals surface area contributed by atoms with E-state index in [1.165, 1.54) is 5.54 Å². The van der Waals surface area contributed by atoms with Crippen LogP contribution < -0.4 is 0 Å². The highest BCUT2D eigenvalue weighted by atomic mass is 35.5. The lowest BCUT2D eigenvalue weighted by Gasteiger charge is -1.69. The quantitative estimate of drug-likeness (QED) is 0.457. The molecule has 0 saturated carbocycles. The summed E-state index contributed by atoms with van der Waals surface area (Å²) < 4.78 is 0. The molecule has 1 radical (unpaired) electrons. The Bertz CT molecular complexity index is 75.6. The van der Waals surface area contributed by atoms with Crippen LogP contribution in [0.5, 0.6) is 0 Å². The summed E-state index contributed by atoms with van der Waals surface area (Å²) in [5, 5.41) is 0. The maximum Gasteiger partial charge on any atom is 0.229 e. The Morgan fingerprint density at radius 3 is 2.50 bits per heavy atom. The number of rotatable bonds is 1. The molecule has 0 aromatic heterocycles. The molecule has 2 heteroatoms. The second-order valence-electron chi connectivity index (χ2n) is 0.894. The van der Waals surface area contributed by atoms with E-state index in [-0.39, 0.29) is 0 Å². The third-order valence-electron chi connectivity index (χ3n) is 0.325. The highest BCUT2D eigenvalue weighted by molar-refractivity contribution is 6.26. The molecule has 6 heavy (non-hydrogen) atoms. The highest BCUT2D eigenvalue weighted by Gasteiger charge is 1.76. The molecule has 0 aliphatic heterocycles. The first-order valence-corrected chi connectivity index (χ1v) is 1.90. The van der Waals surface area contributed by atoms with Gasteiger partial charge in [-0.2, -0.15) is 0 Å². The van der Waals surface area contributed by atoms with Crippen LogP contribution in [0.25, 0.3) is 0 Å². The zero-order valence-electron chi connectivity index (χ0n) is 3.36. The summed E-state index contributed by atoms with van der Waals surface area (Å²) in [4.78, 5) is 9.46. The largest absolute Gasteiger partial charge is 0.285 e. The number of hydrogen-bond acceptors (Lipinski definition) is 1. The Kier molecular flexibility index (Phi) is 2.77. The fourth-order valence-corrected chi connectivity index (χ4v) is 0.0668. The summed E-state index contributed by atoms with van der Waals surface area (Å²) >= 11 is 5.03. The first-order valence-electron chi connectivity index (χ1n) is 1.46. The first-order chi connectivity index (χ1) is 2.81. The van der Waals surface area contributed by atoms with E-state index in [1.54, 1.807) is 13.2 Å². The monoisotopic (exact) mass is 103 g/mol. The summed E-state index contributed by atoms with van der Waals surface area (Å²) in [6.45, 7) is 1.58. The van der Waals surface area contributed by atoms with Gasteiger partial charge < -0.3 is 0 Å². The SMILES string of the molecule is C/C([C]=O)=C\Cl. The van der Waals surface area contributed by atoms with Crippen LogP contribution in [0.2, 0.25) is 0 Å². The van der Waals surface area contributed by atoms with Gasteiger partial charge in [-0.05, 0) is 6.92 Å². The van der Waals surface area contributed by atoms with E-state index in [4.69, 9.17) is 11.6 Å². The molecule has 33 valence electrons. The predicted molar refractivity (Wildman–Crippen MR) is 25.3 cm³/mol. The van der Waals surface area contributed by atoms with Gasteiger partial charge in [0.25, 0.3) is 0 Å². The maximum atomic E-state index is 9.46. The molecule has 0 heterocycles. The average molecular weight is 104 g/mol. The lowest BCUT2D eigenvalue weighted by Crippen LogP contribution is -1.68. The molecule has 0 N–H and O–H groups in total. The average Bonchev–Trinajstić information content (AvgIpc) is 1.65. The van der Waals surface area contributed by atoms with Crippen LogP contribution in [0, 0.1) is 0 Å². The Labute approximate surface area is 41.6 Å². The molecule has 0 amide bonds. The third-order valence-corrected chi connectivity index (χ3v) is 0.652. The molecule has 0 rings (SSSR count). The zero-order chi connectivity index (χ0) is 4.99. The lowest BCUT2D eigenvalue weighted by atomic mass is 10.4. The van der Waals surface area contributed by atoms with Gasteiger partial charge in [0.15, 0.2) is 0 Å². The van der Waals surface area contributed by atoms with Crippen LogP contribution >= 0.6 is 11.6 Å². The van der Waals surface area contributed by atoms with Crippen LogP contribution in [0.15, 0.2) is 11.1 Å². The van der Waals surface area contributed by atoms with Crippen molar-refractivity contribution >= 4 is 17.9 Å². The molecule has 0 fully saturated rings. The topological polar surface area (TPSA) is 17.1 Å². The van der Waals surface area contributed by atoms with Gasteiger partial charge in [0.1, 0.15) is 0 Å². The van der Waals surface area contributed by atoms with E-state index >= 15 is 0 Å². The molecule has 1 nitrogen and oxygen atoms in total. The van der Waals surface area contributed by atoms with Gasteiger partial charge in [-0.25, -0.2) is 0 Å². The van der Waals surface area contributed by atoms with Crippen molar-refractivity contribution in [3.63, 3.8) is 0 Å². The van der Waals surface area contributed by atoms with E-state index in [2.05, 4.69) is 0 Å². The van der Waals surface area contributed by atoms with Gasteiger partial charge in [-0.1, -0.05) is 11.6 Å². The minimum absolute atomic E-state index is 0.427. The van der Waals surface area contributed by atoms with Crippen LogP contribution in [0.4, 0.5) is 0 Å². The van der Waals surface area contributed by atoms with Crippen molar-refractivity contribution < 1.29 is 4.79 Å². The Balaban J connectivity index is 3.50. The number of halogens is 1. The number of allylic oxidation sites excluding steroid dienone is 1. The summed E-state index contributed by atoms with van der Waals surface area (Å²) in [6.07, 6.45) is 1.59. The van der Waals surface area contributed by atoms with Crippen molar-refractivity contribution in [1.82, 2.24) is 0 Å². The predicted octanol–water partition coefficient (Wildman–Crippen LogP) is 1.24. The molecule has 0 aromatic rings. The van der Waals surface area contributed by atoms with Crippen molar-refractivity contribution in [2.24, 2.45) is 0 Å². The molecule has 0 bridgehead atoms. The molecule has 0 aliphatic rings. The summed E-state index contributed by atoms with van der Waals surface area (Å²) in [5.41, 5.74) is 1.61. The van der Waals surface area contributed by atoms with Crippen LogP contribution in [-0.4, -0.2) is 6.29 Å². The summed E-state index contributed by atoms with van der Waals surface area (Å²) in [5.74, 6) is 0. The molecule has 0 spiro atoms. The third kappa shape index (κ3) is 1.97. The minimum atomic E-state index is 0.427. The van der Waals surface area contributed by atoms with E-state index in [1.807, 2.05) is 0 Å². The molecule has 0 aliphatic carbocycles. The highest BCUT2D eigenvalue weighted by Crippen LogP contribution is 1.86. The molecular weight excluding hydrogens is 99.5 g/mol. The van der Waals surface area contributed by atoms with Crippen LogP contribution in [0.3, 0.4) is 0 Å². The van der Waals surface area contributed by atoms with E-state index in [0.29, 0.717) is 5.57 Å².